The molecule has 20 heavy (non-hydrogen) atoms. The van der Waals surface area contributed by atoms with Gasteiger partial charge in [0.25, 0.3) is 11.6 Å². The normalized spacial score (nSPS) is 18.2. The number of rotatable bonds is 3. The molecule has 0 spiro atoms. The first-order valence-corrected chi connectivity index (χ1v) is 6.29. The number of carbonyl (C=O) groups excluding carboxylic acids is 1. The van der Waals surface area contributed by atoms with Gasteiger partial charge in [-0.2, -0.15) is 0 Å². The predicted octanol–water partition coefficient (Wildman–Crippen LogP) is 1.45. The lowest BCUT2D eigenvalue weighted by atomic mass is 10.0. The molecular formula is C13H17N3O4. The summed E-state index contributed by atoms with van der Waals surface area (Å²) in [5.74, 6) is 0.184. The summed E-state index contributed by atoms with van der Waals surface area (Å²) in [4.78, 5) is 24.3. The van der Waals surface area contributed by atoms with Crippen LogP contribution in [0.5, 0.6) is 5.75 Å². The third kappa shape index (κ3) is 2.20. The molecule has 0 radical (unpaired) electrons. The molecular weight excluding hydrogens is 262 g/mol. The molecule has 1 aromatic carbocycles. The van der Waals surface area contributed by atoms with E-state index in [2.05, 4.69) is 0 Å². The highest BCUT2D eigenvalue weighted by molar-refractivity contribution is 6.03. The lowest BCUT2D eigenvalue weighted by Crippen LogP contribution is -2.56. The third-order valence-corrected chi connectivity index (χ3v) is 3.29. The van der Waals surface area contributed by atoms with Crippen LogP contribution >= 0.6 is 0 Å². The zero-order valence-corrected chi connectivity index (χ0v) is 11.6. The molecule has 1 aromatic rings. The van der Waals surface area contributed by atoms with Crippen LogP contribution in [-0.4, -0.2) is 29.0 Å². The van der Waals surface area contributed by atoms with Gasteiger partial charge >= 0.3 is 0 Å². The largest absolute Gasteiger partial charge is 0.476 e. The summed E-state index contributed by atoms with van der Waals surface area (Å²) in [6, 6.07) is 3.94. The van der Waals surface area contributed by atoms with Crippen molar-refractivity contribution < 1.29 is 14.5 Å². The molecule has 108 valence electrons. The maximum absolute atomic E-state index is 12.5. The molecule has 1 aliphatic heterocycles. The van der Waals surface area contributed by atoms with Crippen LogP contribution in [0.15, 0.2) is 18.2 Å². The maximum Gasteiger partial charge on any atom is 0.271 e. The van der Waals surface area contributed by atoms with Crippen molar-refractivity contribution in [2.24, 2.45) is 5.73 Å². The van der Waals surface area contributed by atoms with E-state index in [-0.39, 0.29) is 24.2 Å². The highest BCUT2D eigenvalue weighted by Gasteiger charge is 2.43. The number of amides is 1. The van der Waals surface area contributed by atoms with Gasteiger partial charge < -0.3 is 15.4 Å². The van der Waals surface area contributed by atoms with E-state index < -0.39 is 10.5 Å². The zero-order valence-electron chi connectivity index (χ0n) is 11.6. The molecule has 0 fully saturated rings. The van der Waals surface area contributed by atoms with E-state index >= 15 is 0 Å². The lowest BCUT2D eigenvalue weighted by molar-refractivity contribution is -0.384. The third-order valence-electron chi connectivity index (χ3n) is 3.29. The number of non-ortho nitro benzene ring substituents is 1. The van der Waals surface area contributed by atoms with Crippen molar-refractivity contribution in [3.63, 3.8) is 0 Å². The molecule has 1 atom stereocenters. The number of carbonyl (C=O) groups is 1. The Bertz CT molecular complexity index is 571. The first kappa shape index (κ1) is 14.3. The number of hydrogen-bond acceptors (Lipinski definition) is 5. The van der Waals surface area contributed by atoms with Gasteiger partial charge in [0.05, 0.1) is 10.6 Å². The number of nitrogens with two attached hydrogens (primary N) is 1. The molecule has 0 bridgehead atoms. The summed E-state index contributed by atoms with van der Waals surface area (Å²) in [5.41, 5.74) is 4.92. The average Bonchev–Trinajstić information content (AvgIpc) is 2.38. The topological polar surface area (TPSA) is 98.7 Å². The van der Waals surface area contributed by atoms with E-state index in [9.17, 15) is 14.9 Å². The molecule has 2 rings (SSSR count). The highest BCUT2D eigenvalue weighted by atomic mass is 16.6. The number of nitrogens with zero attached hydrogens (tertiary/aromatic N) is 2. The molecule has 1 heterocycles. The second-order valence-electron chi connectivity index (χ2n) is 5.28. The van der Waals surface area contributed by atoms with Crippen molar-refractivity contribution in [2.45, 2.75) is 32.4 Å². The van der Waals surface area contributed by atoms with Crippen molar-refractivity contribution in [3.05, 3.63) is 28.3 Å². The van der Waals surface area contributed by atoms with Gasteiger partial charge in [-0.1, -0.05) is 0 Å². The molecule has 7 heteroatoms. The van der Waals surface area contributed by atoms with E-state index in [4.69, 9.17) is 10.5 Å². The molecule has 1 aliphatic rings. The fraction of sp³-hybridized carbons (Fsp3) is 0.462. The van der Waals surface area contributed by atoms with Crippen LogP contribution < -0.4 is 15.4 Å². The van der Waals surface area contributed by atoms with E-state index in [0.717, 1.165) is 0 Å². The Kier molecular flexibility index (Phi) is 3.39. The number of hydrogen-bond donors (Lipinski definition) is 1. The summed E-state index contributed by atoms with van der Waals surface area (Å²) in [5, 5.41) is 10.9. The molecule has 1 amide bonds. The Labute approximate surface area is 116 Å². The second kappa shape index (κ2) is 4.75. The van der Waals surface area contributed by atoms with Crippen LogP contribution in [0.2, 0.25) is 0 Å². The summed E-state index contributed by atoms with van der Waals surface area (Å²) in [6.45, 7) is 5.37. The molecule has 0 saturated carbocycles. The van der Waals surface area contributed by atoms with E-state index in [1.54, 1.807) is 20.8 Å². The van der Waals surface area contributed by atoms with Crippen LogP contribution in [0.25, 0.3) is 0 Å². The Balaban J connectivity index is 2.59. The standard InChI is InChI=1S/C13H17N3O4/c1-8(7-14)15-10-6-9(16(18)19)4-5-11(10)20-13(2,3)12(15)17/h4-6,8H,7,14H2,1-3H3. The average molecular weight is 279 g/mol. The molecule has 0 aliphatic carbocycles. The van der Waals surface area contributed by atoms with E-state index in [1.165, 1.54) is 23.1 Å². The van der Waals surface area contributed by atoms with Crippen molar-refractivity contribution in [1.82, 2.24) is 0 Å². The Morgan fingerprint density at radius 2 is 2.15 bits per heavy atom. The summed E-state index contributed by atoms with van der Waals surface area (Å²) in [6.07, 6.45) is 0. The van der Waals surface area contributed by atoms with Gasteiger partial charge in [-0.3, -0.25) is 14.9 Å². The van der Waals surface area contributed by atoms with Crippen LogP contribution in [0.1, 0.15) is 20.8 Å². The van der Waals surface area contributed by atoms with Crippen molar-refractivity contribution >= 4 is 17.3 Å². The quantitative estimate of drug-likeness (QED) is 0.666. The highest BCUT2D eigenvalue weighted by Crippen LogP contribution is 2.40. The fourth-order valence-electron chi connectivity index (χ4n) is 2.15. The molecule has 0 saturated heterocycles. The van der Waals surface area contributed by atoms with Crippen LogP contribution in [0.4, 0.5) is 11.4 Å². The first-order chi connectivity index (χ1) is 9.27. The monoisotopic (exact) mass is 279 g/mol. The van der Waals surface area contributed by atoms with Gasteiger partial charge in [0, 0.05) is 24.7 Å². The SMILES string of the molecule is CC(CN)N1C(=O)C(C)(C)Oc2ccc([N+](=O)[O-])cc21. The van der Waals surface area contributed by atoms with Crippen molar-refractivity contribution in [1.29, 1.82) is 0 Å². The van der Waals surface area contributed by atoms with Gasteiger partial charge in [-0.25, -0.2) is 0 Å². The molecule has 2 N–H and O–H groups in total. The predicted molar refractivity (Wildman–Crippen MR) is 73.8 cm³/mol. The first-order valence-electron chi connectivity index (χ1n) is 6.29. The number of fused-ring (bicyclic) bond motifs is 1. The van der Waals surface area contributed by atoms with Crippen LogP contribution in [-0.2, 0) is 4.79 Å². The number of nitro benzene ring substituents is 1. The summed E-state index contributed by atoms with van der Waals surface area (Å²) >= 11 is 0. The minimum atomic E-state index is -1.02. The number of nitro groups is 1. The van der Waals surface area contributed by atoms with Gasteiger partial charge in [-0.15, -0.1) is 0 Å². The zero-order chi connectivity index (χ0) is 15.1. The number of ether oxygens (including phenoxy) is 1. The van der Waals surface area contributed by atoms with Gasteiger partial charge in [-0.05, 0) is 26.8 Å². The van der Waals surface area contributed by atoms with E-state index in [1.807, 2.05) is 0 Å². The van der Waals surface area contributed by atoms with E-state index in [0.29, 0.717) is 11.4 Å². The van der Waals surface area contributed by atoms with Gasteiger partial charge in [0.1, 0.15) is 5.75 Å². The van der Waals surface area contributed by atoms with Crippen LogP contribution in [0, 0.1) is 10.1 Å². The smallest absolute Gasteiger partial charge is 0.271 e. The molecule has 0 aromatic heterocycles. The molecule has 1 unspecified atom stereocenters. The van der Waals surface area contributed by atoms with Crippen molar-refractivity contribution in [2.75, 3.05) is 11.4 Å². The summed E-state index contributed by atoms with van der Waals surface area (Å²) in [7, 11) is 0. The second-order valence-corrected chi connectivity index (χ2v) is 5.28. The minimum absolute atomic E-state index is 0.0888. The fourth-order valence-corrected chi connectivity index (χ4v) is 2.15. The van der Waals surface area contributed by atoms with Gasteiger partial charge in [0.15, 0.2) is 5.60 Å². The Hall–Kier alpha value is -2.15. The summed E-state index contributed by atoms with van der Waals surface area (Å²) < 4.78 is 5.64. The maximum atomic E-state index is 12.5. The van der Waals surface area contributed by atoms with Crippen molar-refractivity contribution in [3.8, 4) is 5.75 Å². The number of anilines is 1. The van der Waals surface area contributed by atoms with Gasteiger partial charge in [0.2, 0.25) is 0 Å². The minimum Gasteiger partial charge on any atom is -0.476 e. The Morgan fingerprint density at radius 3 is 2.70 bits per heavy atom. The van der Waals surface area contributed by atoms with Crippen LogP contribution in [0.3, 0.4) is 0 Å². The Morgan fingerprint density at radius 1 is 1.50 bits per heavy atom. The number of benzene rings is 1. The molecule has 7 nitrogen and oxygen atoms in total. The lowest BCUT2D eigenvalue weighted by Gasteiger charge is -2.41.